The van der Waals surface area contributed by atoms with Gasteiger partial charge in [0.2, 0.25) is 0 Å². The molecule has 3 aromatic rings. The van der Waals surface area contributed by atoms with Crippen LogP contribution in [0, 0.1) is 11.3 Å². The number of nitriles is 1. The van der Waals surface area contributed by atoms with Crippen LogP contribution in [-0.4, -0.2) is 35.9 Å². The van der Waals surface area contributed by atoms with Crippen LogP contribution in [0.3, 0.4) is 0 Å². The van der Waals surface area contributed by atoms with E-state index in [9.17, 15) is 4.79 Å². The van der Waals surface area contributed by atoms with Gasteiger partial charge in [0.05, 0.1) is 35.7 Å². The average molecular weight is 346 g/mol. The van der Waals surface area contributed by atoms with Crippen LogP contribution >= 0.6 is 0 Å². The first-order chi connectivity index (χ1) is 12.7. The average Bonchev–Trinajstić information content (AvgIpc) is 3.19. The maximum Gasteiger partial charge on any atom is 0.261 e. The fourth-order valence-electron chi connectivity index (χ4n) is 2.56. The van der Waals surface area contributed by atoms with Gasteiger partial charge in [-0.05, 0) is 36.4 Å². The number of ether oxygens (including phenoxy) is 1. The van der Waals surface area contributed by atoms with Gasteiger partial charge in [0, 0.05) is 25.5 Å². The molecule has 0 atom stereocenters. The minimum Gasteiger partial charge on any atom is -0.383 e. The number of nitrogens with zero attached hydrogens (tertiary/aromatic N) is 4. The van der Waals surface area contributed by atoms with Crippen molar-refractivity contribution in [3.63, 3.8) is 0 Å². The molecule has 0 radical (unpaired) electrons. The summed E-state index contributed by atoms with van der Waals surface area (Å²) in [5.41, 5.74) is 2.62. The number of amides is 1. The van der Waals surface area contributed by atoms with Crippen LogP contribution in [0.4, 0.5) is 5.69 Å². The summed E-state index contributed by atoms with van der Waals surface area (Å²) in [7, 11) is 1.59. The molecule has 0 unspecified atom stereocenters. The maximum absolute atomic E-state index is 13.0. The molecule has 0 bridgehead atoms. The number of anilines is 1. The molecule has 1 aromatic heterocycles. The van der Waals surface area contributed by atoms with Crippen molar-refractivity contribution in [2.45, 2.75) is 0 Å². The van der Waals surface area contributed by atoms with Crippen LogP contribution in [0.1, 0.15) is 15.9 Å². The Morgan fingerprint density at radius 1 is 1.19 bits per heavy atom. The van der Waals surface area contributed by atoms with Gasteiger partial charge in [0.25, 0.3) is 5.91 Å². The lowest BCUT2D eigenvalue weighted by molar-refractivity contribution is 0.0976. The normalized spacial score (nSPS) is 10.3. The molecule has 0 aliphatic rings. The van der Waals surface area contributed by atoms with Crippen molar-refractivity contribution in [2.24, 2.45) is 0 Å². The monoisotopic (exact) mass is 346 g/mol. The quantitative estimate of drug-likeness (QED) is 0.688. The van der Waals surface area contributed by atoms with E-state index in [2.05, 4.69) is 11.2 Å². The van der Waals surface area contributed by atoms with Gasteiger partial charge in [-0.2, -0.15) is 10.4 Å². The van der Waals surface area contributed by atoms with Gasteiger partial charge in [0.15, 0.2) is 0 Å². The van der Waals surface area contributed by atoms with Gasteiger partial charge in [-0.25, -0.2) is 4.68 Å². The summed E-state index contributed by atoms with van der Waals surface area (Å²) in [5, 5.41) is 13.2. The molecule has 1 heterocycles. The van der Waals surface area contributed by atoms with Gasteiger partial charge in [-0.1, -0.05) is 18.2 Å². The molecule has 26 heavy (non-hydrogen) atoms. The van der Waals surface area contributed by atoms with Crippen molar-refractivity contribution < 1.29 is 9.53 Å². The van der Waals surface area contributed by atoms with E-state index in [0.29, 0.717) is 30.0 Å². The Morgan fingerprint density at radius 3 is 2.58 bits per heavy atom. The standard InChI is InChI=1S/C20H18N4O2/c1-26-12-11-23(18-9-7-16(13-21)8-10-18)20(25)17-14-22-24(15-17)19-5-3-2-4-6-19/h2-10,14-15H,11-12H2,1H3. The van der Waals surface area contributed by atoms with Gasteiger partial charge < -0.3 is 9.64 Å². The minimum absolute atomic E-state index is 0.172. The number of carbonyl (C=O) groups is 1. The van der Waals surface area contributed by atoms with Crippen LogP contribution < -0.4 is 4.90 Å². The molecule has 1 amide bonds. The number of carbonyl (C=O) groups excluding carboxylic acids is 1. The fourth-order valence-corrected chi connectivity index (χ4v) is 2.56. The summed E-state index contributed by atoms with van der Waals surface area (Å²) >= 11 is 0. The third kappa shape index (κ3) is 3.79. The van der Waals surface area contributed by atoms with Crippen LogP contribution in [0.5, 0.6) is 0 Å². The summed E-state index contributed by atoms with van der Waals surface area (Å²) < 4.78 is 6.80. The molecule has 0 saturated heterocycles. The molecule has 0 aliphatic heterocycles. The van der Waals surface area contributed by atoms with Gasteiger partial charge >= 0.3 is 0 Å². The summed E-state index contributed by atoms with van der Waals surface area (Å²) in [6.07, 6.45) is 3.26. The molecule has 0 N–H and O–H groups in total. The maximum atomic E-state index is 13.0. The Labute approximate surface area is 151 Å². The van der Waals surface area contributed by atoms with Gasteiger partial charge in [-0.15, -0.1) is 0 Å². The summed E-state index contributed by atoms with van der Waals surface area (Å²) in [5.74, 6) is -0.172. The Bertz CT molecular complexity index is 911. The van der Waals surface area contributed by atoms with E-state index in [1.165, 1.54) is 0 Å². The number of para-hydroxylation sites is 1. The van der Waals surface area contributed by atoms with Crippen molar-refractivity contribution in [1.82, 2.24) is 9.78 Å². The Balaban J connectivity index is 1.87. The molecule has 0 saturated carbocycles. The highest BCUT2D eigenvalue weighted by Gasteiger charge is 2.19. The first-order valence-electron chi connectivity index (χ1n) is 8.14. The van der Waals surface area contributed by atoms with Crippen molar-refractivity contribution in [1.29, 1.82) is 5.26 Å². The third-order valence-electron chi connectivity index (χ3n) is 3.92. The summed E-state index contributed by atoms with van der Waals surface area (Å²) in [6.45, 7) is 0.802. The van der Waals surface area contributed by atoms with E-state index >= 15 is 0 Å². The predicted octanol–water partition coefficient (Wildman–Crippen LogP) is 3.04. The van der Waals surface area contributed by atoms with E-state index in [1.54, 1.807) is 53.4 Å². The lowest BCUT2D eigenvalue weighted by atomic mass is 10.2. The van der Waals surface area contributed by atoms with E-state index in [-0.39, 0.29) is 5.91 Å². The molecule has 6 heteroatoms. The highest BCUT2D eigenvalue weighted by molar-refractivity contribution is 6.05. The lowest BCUT2D eigenvalue weighted by Crippen LogP contribution is -2.33. The molecule has 3 rings (SSSR count). The van der Waals surface area contributed by atoms with Gasteiger partial charge in [-0.3, -0.25) is 4.79 Å². The number of rotatable bonds is 6. The lowest BCUT2D eigenvalue weighted by Gasteiger charge is -2.22. The SMILES string of the molecule is COCCN(C(=O)c1cnn(-c2ccccc2)c1)c1ccc(C#N)cc1. The highest BCUT2D eigenvalue weighted by atomic mass is 16.5. The van der Waals surface area contributed by atoms with E-state index in [4.69, 9.17) is 10.00 Å². The summed E-state index contributed by atoms with van der Waals surface area (Å²) in [4.78, 5) is 14.6. The van der Waals surface area contributed by atoms with Crippen LogP contribution in [-0.2, 0) is 4.74 Å². The van der Waals surface area contributed by atoms with Crippen molar-refractivity contribution in [2.75, 3.05) is 25.2 Å². The smallest absolute Gasteiger partial charge is 0.261 e. The van der Waals surface area contributed by atoms with Crippen LogP contribution in [0.15, 0.2) is 67.0 Å². The first-order valence-corrected chi connectivity index (χ1v) is 8.14. The zero-order chi connectivity index (χ0) is 18.4. The molecular formula is C20H18N4O2. The molecule has 0 fully saturated rings. The number of methoxy groups -OCH3 is 1. The molecule has 6 nitrogen and oxygen atoms in total. The molecular weight excluding hydrogens is 328 g/mol. The number of hydrogen-bond donors (Lipinski definition) is 0. The van der Waals surface area contributed by atoms with E-state index < -0.39 is 0 Å². The second-order valence-corrected chi connectivity index (χ2v) is 5.62. The largest absolute Gasteiger partial charge is 0.383 e. The molecule has 130 valence electrons. The van der Waals surface area contributed by atoms with Crippen LogP contribution in [0.2, 0.25) is 0 Å². The Kier molecular flexibility index (Phi) is 5.42. The van der Waals surface area contributed by atoms with Gasteiger partial charge in [0.1, 0.15) is 0 Å². The Hall–Kier alpha value is -3.43. The molecule has 0 aliphatic carbocycles. The van der Waals surface area contributed by atoms with Crippen molar-refractivity contribution >= 4 is 11.6 Å². The summed E-state index contributed by atoms with van der Waals surface area (Å²) in [6, 6.07) is 18.6. The van der Waals surface area contributed by atoms with Crippen LogP contribution in [0.25, 0.3) is 5.69 Å². The fraction of sp³-hybridized carbons (Fsp3) is 0.150. The number of aromatic nitrogens is 2. The zero-order valence-corrected chi connectivity index (χ0v) is 14.4. The van der Waals surface area contributed by atoms with Crippen molar-refractivity contribution in [3.05, 3.63) is 78.1 Å². The minimum atomic E-state index is -0.172. The Morgan fingerprint density at radius 2 is 1.92 bits per heavy atom. The second-order valence-electron chi connectivity index (χ2n) is 5.62. The highest BCUT2D eigenvalue weighted by Crippen LogP contribution is 2.18. The van der Waals surface area contributed by atoms with E-state index in [1.807, 2.05) is 30.3 Å². The topological polar surface area (TPSA) is 71.2 Å². The second kappa shape index (κ2) is 8.10. The number of benzene rings is 2. The number of hydrogen-bond acceptors (Lipinski definition) is 4. The molecule has 0 spiro atoms. The zero-order valence-electron chi connectivity index (χ0n) is 14.4. The third-order valence-corrected chi connectivity index (χ3v) is 3.92. The molecule has 2 aromatic carbocycles. The predicted molar refractivity (Wildman–Crippen MR) is 98.3 cm³/mol. The first kappa shape index (κ1) is 17.4. The van der Waals surface area contributed by atoms with Crippen molar-refractivity contribution in [3.8, 4) is 11.8 Å². The van der Waals surface area contributed by atoms with E-state index in [0.717, 1.165) is 5.69 Å².